The molecule has 1 heterocycles. The average Bonchev–Trinajstić information content (AvgIpc) is 2.33. The molecule has 0 saturated carbocycles. The molecule has 1 saturated heterocycles. The third-order valence-electron chi connectivity index (χ3n) is 3.31. The van der Waals surface area contributed by atoms with Crippen molar-refractivity contribution < 1.29 is 9.90 Å². The van der Waals surface area contributed by atoms with Gasteiger partial charge in [-0.1, -0.05) is 18.2 Å². The van der Waals surface area contributed by atoms with Gasteiger partial charge in [0.25, 0.3) is 0 Å². The zero-order valence-corrected chi connectivity index (χ0v) is 10.3. The highest BCUT2D eigenvalue weighted by atomic mass is 16.3. The first kappa shape index (κ1) is 11.9. The number of carbonyl (C=O) groups excluding carboxylic acids is 1. The fourth-order valence-electron chi connectivity index (χ4n) is 2.26. The lowest BCUT2D eigenvalue weighted by Gasteiger charge is -2.40. The smallest absolute Gasteiger partial charge is 0.247 e. The average molecular weight is 234 g/mol. The normalized spacial score (nSPS) is 20.9. The lowest BCUT2D eigenvalue weighted by molar-refractivity contribution is -0.133. The van der Waals surface area contributed by atoms with Crippen molar-refractivity contribution in [3.05, 3.63) is 29.8 Å². The molecular weight excluding hydrogens is 216 g/mol. The first-order valence-electron chi connectivity index (χ1n) is 5.83. The van der Waals surface area contributed by atoms with Crippen molar-refractivity contribution in [3.63, 3.8) is 0 Å². The number of amides is 1. The summed E-state index contributed by atoms with van der Waals surface area (Å²) in [5.41, 5.74) is 2.16. The Kier molecular flexibility index (Phi) is 3.33. The zero-order valence-electron chi connectivity index (χ0n) is 10.3. The highest BCUT2D eigenvalue weighted by molar-refractivity contribution is 5.86. The number of hydrogen-bond acceptors (Lipinski definition) is 3. The van der Waals surface area contributed by atoms with Gasteiger partial charge in [-0.3, -0.25) is 4.79 Å². The van der Waals surface area contributed by atoms with Crippen LogP contribution >= 0.6 is 0 Å². The van der Waals surface area contributed by atoms with Gasteiger partial charge in [-0.15, -0.1) is 0 Å². The van der Waals surface area contributed by atoms with E-state index < -0.39 is 6.04 Å². The number of nitrogens with zero attached hydrogens (tertiary/aromatic N) is 2. The second-order valence-electron chi connectivity index (χ2n) is 4.44. The van der Waals surface area contributed by atoms with Crippen LogP contribution in [0, 0.1) is 6.92 Å². The summed E-state index contributed by atoms with van der Waals surface area (Å²) in [6.45, 7) is 3.34. The molecular formula is C13H18N2O2. The molecule has 0 aliphatic carbocycles. The number of benzene rings is 1. The van der Waals surface area contributed by atoms with E-state index in [2.05, 4.69) is 0 Å². The van der Waals surface area contributed by atoms with Gasteiger partial charge in [-0.2, -0.15) is 0 Å². The second kappa shape index (κ2) is 4.75. The number of para-hydroxylation sites is 1. The molecule has 92 valence electrons. The van der Waals surface area contributed by atoms with Crippen LogP contribution in [-0.4, -0.2) is 48.7 Å². The number of piperazine rings is 1. The minimum atomic E-state index is -0.449. The Labute approximate surface area is 101 Å². The summed E-state index contributed by atoms with van der Waals surface area (Å²) in [5, 5.41) is 9.41. The largest absolute Gasteiger partial charge is 0.394 e. The molecule has 2 rings (SSSR count). The molecule has 1 unspecified atom stereocenters. The van der Waals surface area contributed by atoms with E-state index in [1.165, 1.54) is 0 Å². The lowest BCUT2D eigenvalue weighted by atomic mass is 10.1. The highest BCUT2D eigenvalue weighted by Crippen LogP contribution is 2.24. The Hall–Kier alpha value is -1.55. The quantitative estimate of drug-likeness (QED) is 0.816. The second-order valence-corrected chi connectivity index (χ2v) is 4.44. The predicted octanol–water partition coefficient (Wildman–Crippen LogP) is 0.634. The van der Waals surface area contributed by atoms with E-state index >= 15 is 0 Å². The minimum Gasteiger partial charge on any atom is -0.394 e. The van der Waals surface area contributed by atoms with Crippen LogP contribution in [0.3, 0.4) is 0 Å². The maximum atomic E-state index is 12.0. The summed E-state index contributed by atoms with van der Waals surface area (Å²) in [5.74, 6) is -0.0120. The minimum absolute atomic E-state index is 0.0120. The predicted molar refractivity (Wildman–Crippen MR) is 67.0 cm³/mol. The molecule has 1 aliphatic rings. The lowest BCUT2D eigenvalue weighted by Crippen LogP contribution is -2.57. The number of anilines is 1. The molecule has 1 amide bonds. The highest BCUT2D eigenvalue weighted by Gasteiger charge is 2.32. The van der Waals surface area contributed by atoms with Crippen LogP contribution < -0.4 is 4.90 Å². The van der Waals surface area contributed by atoms with Gasteiger partial charge < -0.3 is 14.9 Å². The van der Waals surface area contributed by atoms with Gasteiger partial charge in [0.05, 0.1) is 6.61 Å². The molecule has 0 aromatic heterocycles. The van der Waals surface area contributed by atoms with Crippen molar-refractivity contribution in [2.75, 3.05) is 31.6 Å². The van der Waals surface area contributed by atoms with E-state index in [1.54, 1.807) is 11.9 Å². The van der Waals surface area contributed by atoms with E-state index in [0.29, 0.717) is 6.54 Å². The fraction of sp³-hybridized carbons (Fsp3) is 0.462. The van der Waals surface area contributed by atoms with Gasteiger partial charge in [0, 0.05) is 25.8 Å². The maximum Gasteiger partial charge on any atom is 0.247 e. The van der Waals surface area contributed by atoms with Gasteiger partial charge in [0.1, 0.15) is 6.04 Å². The molecule has 1 fully saturated rings. The summed E-state index contributed by atoms with van der Waals surface area (Å²) in [6.07, 6.45) is 0. The summed E-state index contributed by atoms with van der Waals surface area (Å²) in [4.78, 5) is 15.6. The molecule has 4 heteroatoms. The fourth-order valence-corrected chi connectivity index (χ4v) is 2.26. The number of aliphatic hydroxyl groups is 1. The number of likely N-dealkylation sites (N-methyl/N-ethyl adjacent to an activating group) is 1. The summed E-state index contributed by atoms with van der Waals surface area (Å²) in [7, 11) is 1.78. The number of carbonyl (C=O) groups is 1. The van der Waals surface area contributed by atoms with E-state index in [-0.39, 0.29) is 12.5 Å². The van der Waals surface area contributed by atoms with Crippen LogP contribution in [0.5, 0.6) is 0 Å². The molecule has 0 bridgehead atoms. The topological polar surface area (TPSA) is 43.8 Å². The third-order valence-corrected chi connectivity index (χ3v) is 3.31. The third kappa shape index (κ3) is 2.13. The van der Waals surface area contributed by atoms with E-state index in [0.717, 1.165) is 17.8 Å². The van der Waals surface area contributed by atoms with Crippen molar-refractivity contribution in [1.29, 1.82) is 0 Å². The first-order valence-corrected chi connectivity index (χ1v) is 5.83. The van der Waals surface area contributed by atoms with Crippen LogP contribution in [0.25, 0.3) is 0 Å². The maximum absolute atomic E-state index is 12.0. The van der Waals surface area contributed by atoms with E-state index in [4.69, 9.17) is 0 Å². The van der Waals surface area contributed by atoms with Gasteiger partial charge in [0.15, 0.2) is 0 Å². The Morgan fingerprint density at radius 3 is 2.71 bits per heavy atom. The van der Waals surface area contributed by atoms with Gasteiger partial charge >= 0.3 is 0 Å². The number of aliphatic hydroxyl groups excluding tert-OH is 1. The first-order chi connectivity index (χ1) is 8.15. The van der Waals surface area contributed by atoms with Crippen molar-refractivity contribution in [2.24, 2.45) is 0 Å². The molecule has 0 radical (unpaired) electrons. The Morgan fingerprint density at radius 1 is 1.35 bits per heavy atom. The van der Waals surface area contributed by atoms with Gasteiger partial charge in [-0.05, 0) is 18.6 Å². The van der Waals surface area contributed by atoms with Crippen LogP contribution in [-0.2, 0) is 4.79 Å². The molecule has 0 spiro atoms. The molecule has 1 aliphatic heterocycles. The van der Waals surface area contributed by atoms with Crippen LogP contribution in [0.4, 0.5) is 5.69 Å². The SMILES string of the molecule is Cc1ccccc1N1CCN(C)C(=O)C1CO. The molecule has 1 aromatic rings. The number of hydrogen-bond donors (Lipinski definition) is 1. The Balaban J connectivity index is 2.32. The van der Waals surface area contributed by atoms with Crippen LogP contribution in [0.15, 0.2) is 24.3 Å². The zero-order chi connectivity index (χ0) is 12.4. The number of rotatable bonds is 2. The molecule has 4 nitrogen and oxygen atoms in total. The number of aryl methyl sites for hydroxylation is 1. The van der Waals surface area contributed by atoms with Gasteiger partial charge in [-0.25, -0.2) is 0 Å². The summed E-state index contributed by atoms with van der Waals surface area (Å²) < 4.78 is 0. The summed E-state index contributed by atoms with van der Waals surface area (Å²) >= 11 is 0. The molecule has 17 heavy (non-hydrogen) atoms. The standard InChI is InChI=1S/C13H18N2O2/c1-10-5-3-4-6-11(10)15-8-7-14(2)13(17)12(15)9-16/h3-6,12,16H,7-9H2,1-2H3. The molecule has 1 atom stereocenters. The van der Waals surface area contributed by atoms with Crippen molar-refractivity contribution in [1.82, 2.24) is 4.90 Å². The Morgan fingerprint density at radius 2 is 2.06 bits per heavy atom. The van der Waals surface area contributed by atoms with Crippen LogP contribution in [0.1, 0.15) is 5.56 Å². The van der Waals surface area contributed by atoms with Crippen molar-refractivity contribution in [2.45, 2.75) is 13.0 Å². The summed E-state index contributed by atoms with van der Waals surface area (Å²) in [6, 6.07) is 7.50. The van der Waals surface area contributed by atoms with Crippen molar-refractivity contribution in [3.8, 4) is 0 Å². The Bertz CT molecular complexity index is 420. The molecule has 1 aromatic carbocycles. The monoisotopic (exact) mass is 234 g/mol. The van der Waals surface area contributed by atoms with Crippen LogP contribution in [0.2, 0.25) is 0 Å². The van der Waals surface area contributed by atoms with Gasteiger partial charge in [0.2, 0.25) is 5.91 Å². The van der Waals surface area contributed by atoms with E-state index in [9.17, 15) is 9.90 Å². The molecule has 1 N–H and O–H groups in total. The van der Waals surface area contributed by atoms with E-state index in [1.807, 2.05) is 36.1 Å². The van der Waals surface area contributed by atoms with Crippen molar-refractivity contribution >= 4 is 11.6 Å².